The highest BCUT2D eigenvalue weighted by molar-refractivity contribution is 5.56. The van der Waals surface area contributed by atoms with E-state index in [1.165, 1.54) is 16.8 Å². The molecule has 1 heterocycles. The Labute approximate surface area is 102 Å². The molecule has 0 saturated heterocycles. The van der Waals surface area contributed by atoms with Crippen LogP contribution in [0.2, 0.25) is 0 Å². The molecule has 1 aromatic heterocycles. The quantitative estimate of drug-likeness (QED) is 0.880. The molecule has 0 aliphatic heterocycles. The van der Waals surface area contributed by atoms with Crippen LogP contribution in [-0.2, 0) is 13.6 Å². The SMILES string of the molecule is Cc1cccc(C)c1NCc1nnc(C)n1C. The predicted molar refractivity (Wildman–Crippen MR) is 69.0 cm³/mol. The number of hydrogen-bond acceptors (Lipinski definition) is 3. The van der Waals surface area contributed by atoms with Crippen LogP contribution in [0.25, 0.3) is 0 Å². The number of hydrogen-bond donors (Lipinski definition) is 1. The molecule has 0 amide bonds. The van der Waals surface area contributed by atoms with Crippen LogP contribution in [0, 0.1) is 20.8 Å². The average Bonchev–Trinajstić information content (AvgIpc) is 2.60. The van der Waals surface area contributed by atoms with E-state index in [1.807, 2.05) is 18.5 Å². The van der Waals surface area contributed by atoms with Crippen molar-refractivity contribution < 1.29 is 0 Å². The van der Waals surface area contributed by atoms with Gasteiger partial charge in [0.1, 0.15) is 5.82 Å². The van der Waals surface area contributed by atoms with Gasteiger partial charge in [-0.05, 0) is 31.9 Å². The van der Waals surface area contributed by atoms with Crippen LogP contribution in [0.3, 0.4) is 0 Å². The number of para-hydroxylation sites is 1. The number of benzene rings is 1. The lowest BCUT2D eigenvalue weighted by atomic mass is 10.1. The van der Waals surface area contributed by atoms with Crippen LogP contribution >= 0.6 is 0 Å². The van der Waals surface area contributed by atoms with Gasteiger partial charge >= 0.3 is 0 Å². The largest absolute Gasteiger partial charge is 0.377 e. The van der Waals surface area contributed by atoms with Crippen molar-refractivity contribution in [3.8, 4) is 0 Å². The zero-order valence-electron chi connectivity index (χ0n) is 10.8. The Morgan fingerprint density at radius 2 is 1.76 bits per heavy atom. The standard InChI is InChI=1S/C13H18N4/c1-9-6-5-7-10(2)13(9)14-8-12-16-15-11(3)17(12)4/h5-7,14H,8H2,1-4H3. The van der Waals surface area contributed by atoms with Crippen molar-refractivity contribution in [2.24, 2.45) is 7.05 Å². The van der Waals surface area contributed by atoms with Gasteiger partial charge in [0.15, 0.2) is 5.82 Å². The molecule has 0 fully saturated rings. The smallest absolute Gasteiger partial charge is 0.152 e. The molecule has 0 unspecified atom stereocenters. The molecule has 90 valence electrons. The predicted octanol–water partition coefficient (Wildman–Crippen LogP) is 2.35. The van der Waals surface area contributed by atoms with Crippen molar-refractivity contribution in [1.29, 1.82) is 0 Å². The molecule has 2 rings (SSSR count). The summed E-state index contributed by atoms with van der Waals surface area (Å²) in [7, 11) is 1.98. The van der Waals surface area contributed by atoms with Gasteiger partial charge in [-0.25, -0.2) is 0 Å². The summed E-state index contributed by atoms with van der Waals surface area (Å²) in [6, 6.07) is 6.29. The second kappa shape index (κ2) is 4.57. The van der Waals surface area contributed by atoms with Crippen LogP contribution < -0.4 is 5.32 Å². The number of nitrogens with zero attached hydrogens (tertiary/aromatic N) is 3. The molecular formula is C13H18N4. The summed E-state index contributed by atoms with van der Waals surface area (Å²) in [5.41, 5.74) is 3.70. The van der Waals surface area contributed by atoms with Gasteiger partial charge in [-0.3, -0.25) is 0 Å². The minimum absolute atomic E-state index is 0.697. The van der Waals surface area contributed by atoms with Gasteiger partial charge < -0.3 is 9.88 Å². The Morgan fingerprint density at radius 3 is 2.29 bits per heavy atom. The third-order valence-corrected chi connectivity index (χ3v) is 3.09. The maximum Gasteiger partial charge on any atom is 0.152 e. The topological polar surface area (TPSA) is 42.7 Å². The number of nitrogens with one attached hydrogen (secondary N) is 1. The molecular weight excluding hydrogens is 212 g/mol. The molecule has 0 radical (unpaired) electrons. The van der Waals surface area contributed by atoms with Gasteiger partial charge in [0.05, 0.1) is 6.54 Å². The maximum absolute atomic E-state index is 4.14. The molecule has 1 aromatic carbocycles. The highest BCUT2D eigenvalue weighted by atomic mass is 15.3. The molecule has 0 bridgehead atoms. The van der Waals surface area contributed by atoms with E-state index in [-0.39, 0.29) is 0 Å². The second-order valence-electron chi connectivity index (χ2n) is 4.34. The van der Waals surface area contributed by atoms with Gasteiger partial charge in [-0.2, -0.15) is 0 Å². The fourth-order valence-electron chi connectivity index (χ4n) is 1.87. The van der Waals surface area contributed by atoms with Gasteiger partial charge in [-0.1, -0.05) is 18.2 Å². The summed E-state index contributed by atoms with van der Waals surface area (Å²) in [6.07, 6.45) is 0. The Hall–Kier alpha value is -1.84. The van der Waals surface area contributed by atoms with Crippen LogP contribution in [0.4, 0.5) is 5.69 Å². The first-order chi connectivity index (χ1) is 8.09. The van der Waals surface area contributed by atoms with Crippen LogP contribution in [0.5, 0.6) is 0 Å². The molecule has 4 nitrogen and oxygen atoms in total. The second-order valence-corrected chi connectivity index (χ2v) is 4.34. The van der Waals surface area contributed by atoms with Crippen molar-refractivity contribution in [1.82, 2.24) is 14.8 Å². The van der Waals surface area contributed by atoms with E-state index in [4.69, 9.17) is 0 Å². The van der Waals surface area contributed by atoms with E-state index in [1.54, 1.807) is 0 Å². The minimum atomic E-state index is 0.697. The average molecular weight is 230 g/mol. The van der Waals surface area contributed by atoms with E-state index < -0.39 is 0 Å². The van der Waals surface area contributed by atoms with Crippen molar-refractivity contribution in [3.05, 3.63) is 41.0 Å². The molecule has 0 aliphatic rings. The van der Waals surface area contributed by atoms with E-state index in [0.717, 1.165) is 11.6 Å². The Balaban J connectivity index is 2.15. The Kier molecular flexibility index (Phi) is 3.13. The Morgan fingerprint density at radius 1 is 1.12 bits per heavy atom. The Bertz CT molecular complexity index is 508. The zero-order valence-corrected chi connectivity index (χ0v) is 10.8. The van der Waals surface area contributed by atoms with E-state index in [2.05, 4.69) is 47.6 Å². The first-order valence-electron chi connectivity index (χ1n) is 5.74. The monoisotopic (exact) mass is 230 g/mol. The van der Waals surface area contributed by atoms with Gasteiger partial charge in [0.25, 0.3) is 0 Å². The molecule has 0 atom stereocenters. The first kappa shape index (κ1) is 11.6. The molecule has 0 aliphatic carbocycles. The normalized spacial score (nSPS) is 10.6. The lowest BCUT2D eigenvalue weighted by molar-refractivity contribution is 0.788. The summed E-state index contributed by atoms with van der Waals surface area (Å²) in [4.78, 5) is 0. The fourth-order valence-corrected chi connectivity index (χ4v) is 1.87. The third kappa shape index (κ3) is 2.30. The lowest BCUT2D eigenvalue weighted by Gasteiger charge is -2.12. The molecule has 1 N–H and O–H groups in total. The first-order valence-corrected chi connectivity index (χ1v) is 5.74. The van der Waals surface area contributed by atoms with Crippen LogP contribution in [0.15, 0.2) is 18.2 Å². The number of anilines is 1. The van der Waals surface area contributed by atoms with Gasteiger partial charge in [-0.15, -0.1) is 10.2 Å². The molecule has 17 heavy (non-hydrogen) atoms. The zero-order chi connectivity index (χ0) is 12.4. The highest BCUT2D eigenvalue weighted by Gasteiger charge is 2.06. The fraction of sp³-hybridized carbons (Fsp3) is 0.385. The highest BCUT2D eigenvalue weighted by Crippen LogP contribution is 2.19. The molecule has 0 spiro atoms. The third-order valence-electron chi connectivity index (χ3n) is 3.09. The number of aryl methyl sites for hydroxylation is 3. The summed E-state index contributed by atoms with van der Waals surface area (Å²) >= 11 is 0. The summed E-state index contributed by atoms with van der Waals surface area (Å²) in [6.45, 7) is 6.87. The summed E-state index contributed by atoms with van der Waals surface area (Å²) in [5, 5.41) is 11.6. The van der Waals surface area contributed by atoms with E-state index in [0.29, 0.717) is 6.54 Å². The lowest BCUT2D eigenvalue weighted by Crippen LogP contribution is -2.08. The maximum atomic E-state index is 4.14. The summed E-state index contributed by atoms with van der Waals surface area (Å²) in [5.74, 6) is 1.88. The van der Waals surface area contributed by atoms with Crippen molar-refractivity contribution in [2.75, 3.05) is 5.32 Å². The van der Waals surface area contributed by atoms with Crippen LogP contribution in [0.1, 0.15) is 22.8 Å². The van der Waals surface area contributed by atoms with Gasteiger partial charge in [0, 0.05) is 12.7 Å². The van der Waals surface area contributed by atoms with Crippen molar-refractivity contribution in [2.45, 2.75) is 27.3 Å². The number of aromatic nitrogens is 3. The van der Waals surface area contributed by atoms with Crippen LogP contribution in [-0.4, -0.2) is 14.8 Å². The van der Waals surface area contributed by atoms with E-state index in [9.17, 15) is 0 Å². The van der Waals surface area contributed by atoms with E-state index >= 15 is 0 Å². The molecule has 0 saturated carbocycles. The van der Waals surface area contributed by atoms with Crippen molar-refractivity contribution in [3.63, 3.8) is 0 Å². The summed E-state index contributed by atoms with van der Waals surface area (Å²) < 4.78 is 2.00. The van der Waals surface area contributed by atoms with Gasteiger partial charge in [0.2, 0.25) is 0 Å². The number of rotatable bonds is 3. The molecule has 4 heteroatoms. The van der Waals surface area contributed by atoms with Crippen molar-refractivity contribution >= 4 is 5.69 Å². The minimum Gasteiger partial charge on any atom is -0.377 e. The molecule has 2 aromatic rings.